The van der Waals surface area contributed by atoms with Gasteiger partial charge in [-0.3, -0.25) is 4.90 Å². The lowest BCUT2D eigenvalue weighted by molar-refractivity contribution is 0.0190. The molecule has 0 N–H and O–H groups in total. The van der Waals surface area contributed by atoms with Crippen LogP contribution in [0.4, 0.5) is 13.6 Å². The zero-order valence-corrected chi connectivity index (χ0v) is 23.6. The lowest BCUT2D eigenvalue weighted by Crippen LogP contribution is -2.42. The molecule has 5 rings (SSSR count). The Balaban J connectivity index is 0.000000295. The van der Waals surface area contributed by atoms with Crippen LogP contribution in [0, 0.1) is 5.82 Å². The van der Waals surface area contributed by atoms with Gasteiger partial charge in [0, 0.05) is 25.6 Å². The van der Waals surface area contributed by atoms with Crippen LogP contribution in [-0.4, -0.2) is 82.6 Å². The lowest BCUT2D eigenvalue weighted by Gasteiger charge is -2.28. The standard InChI is InChI=1S/C19H23BrFN3O4.C7H12FN/c1-10-13(8-9-24(10)18(25)28-19(2,3)4)27-16-11-6-7-12(20)14(21)15(11)22-17(23-16)26-5;8-6-4-7-2-1-3-9(7)5-6/h6-7,10,13H,8-9H2,1-5H3;6-7H,1-5H2. The molecule has 2 aromatic rings. The van der Waals surface area contributed by atoms with Crippen molar-refractivity contribution in [1.82, 2.24) is 19.8 Å². The first-order valence-electron chi connectivity index (χ1n) is 12.7. The van der Waals surface area contributed by atoms with E-state index in [1.165, 1.54) is 20.0 Å². The first-order valence-corrected chi connectivity index (χ1v) is 13.5. The van der Waals surface area contributed by atoms with Gasteiger partial charge < -0.3 is 19.1 Å². The summed E-state index contributed by atoms with van der Waals surface area (Å²) in [5.74, 6) is -0.297. The van der Waals surface area contributed by atoms with Crippen LogP contribution in [-0.2, 0) is 4.74 Å². The van der Waals surface area contributed by atoms with E-state index in [-0.39, 0.29) is 40.1 Å². The van der Waals surface area contributed by atoms with Crippen molar-refractivity contribution in [3.05, 3.63) is 22.4 Å². The number of ether oxygens (including phenoxy) is 3. The van der Waals surface area contributed by atoms with Crippen LogP contribution in [0.15, 0.2) is 16.6 Å². The number of likely N-dealkylation sites (tertiary alicyclic amines) is 1. The third-order valence-electron chi connectivity index (χ3n) is 6.92. The summed E-state index contributed by atoms with van der Waals surface area (Å²) in [5, 5.41) is 0.435. The molecule has 4 heterocycles. The number of fused-ring (bicyclic) bond motifs is 2. The molecular weight excluding hydrogens is 550 g/mol. The minimum absolute atomic E-state index is 0.00847. The maximum Gasteiger partial charge on any atom is 0.410 e. The number of hydrogen-bond donors (Lipinski definition) is 0. The van der Waals surface area contributed by atoms with E-state index in [1.54, 1.807) is 17.0 Å². The van der Waals surface area contributed by atoms with Gasteiger partial charge in [0.1, 0.15) is 23.4 Å². The molecule has 4 atom stereocenters. The molecule has 0 saturated carbocycles. The second kappa shape index (κ2) is 11.2. The van der Waals surface area contributed by atoms with Crippen molar-refractivity contribution in [3.63, 3.8) is 0 Å². The molecule has 3 fully saturated rings. The highest BCUT2D eigenvalue weighted by molar-refractivity contribution is 9.10. The number of aromatic nitrogens is 2. The van der Waals surface area contributed by atoms with E-state index < -0.39 is 17.6 Å². The fraction of sp³-hybridized carbons (Fsp3) is 0.654. The number of hydrogen-bond acceptors (Lipinski definition) is 7. The van der Waals surface area contributed by atoms with Crippen molar-refractivity contribution in [3.8, 4) is 11.9 Å². The molecule has 0 bridgehead atoms. The molecule has 8 nitrogen and oxygen atoms in total. The number of halogens is 3. The zero-order chi connectivity index (χ0) is 26.9. The van der Waals surface area contributed by atoms with Crippen LogP contribution in [0.1, 0.15) is 53.4 Å². The van der Waals surface area contributed by atoms with Crippen molar-refractivity contribution in [2.75, 3.05) is 26.7 Å². The summed E-state index contributed by atoms with van der Waals surface area (Å²) in [4.78, 5) is 24.7. The van der Waals surface area contributed by atoms with Gasteiger partial charge in [-0.2, -0.15) is 9.97 Å². The van der Waals surface area contributed by atoms with E-state index in [0.29, 0.717) is 30.9 Å². The Morgan fingerprint density at radius 2 is 1.95 bits per heavy atom. The Hall–Kier alpha value is -2.27. The largest absolute Gasteiger partial charge is 0.471 e. The number of methoxy groups -OCH3 is 1. The molecule has 3 saturated heterocycles. The number of nitrogens with zero attached hydrogens (tertiary/aromatic N) is 4. The van der Waals surface area contributed by atoms with E-state index in [1.807, 2.05) is 27.7 Å². The van der Waals surface area contributed by atoms with Gasteiger partial charge in [-0.25, -0.2) is 13.6 Å². The van der Waals surface area contributed by atoms with E-state index in [0.717, 1.165) is 13.0 Å². The highest BCUT2D eigenvalue weighted by atomic mass is 79.9. The second-order valence-corrected chi connectivity index (χ2v) is 11.6. The third kappa shape index (κ3) is 6.42. The predicted octanol–water partition coefficient (Wildman–Crippen LogP) is 5.51. The van der Waals surface area contributed by atoms with Gasteiger partial charge in [0.25, 0.3) is 0 Å². The van der Waals surface area contributed by atoms with E-state index in [9.17, 15) is 13.6 Å². The van der Waals surface area contributed by atoms with Gasteiger partial charge in [0.15, 0.2) is 5.82 Å². The predicted molar refractivity (Wildman–Crippen MR) is 139 cm³/mol. The molecule has 0 aliphatic carbocycles. The molecule has 4 unspecified atom stereocenters. The summed E-state index contributed by atoms with van der Waals surface area (Å²) < 4.78 is 44.0. The smallest absolute Gasteiger partial charge is 0.410 e. The summed E-state index contributed by atoms with van der Waals surface area (Å²) in [7, 11) is 1.41. The van der Waals surface area contributed by atoms with Crippen LogP contribution in [0.3, 0.4) is 0 Å². The summed E-state index contributed by atoms with van der Waals surface area (Å²) in [6, 6.07) is 3.65. The molecule has 3 aliphatic rings. The summed E-state index contributed by atoms with van der Waals surface area (Å²) >= 11 is 3.16. The van der Waals surface area contributed by atoms with Crippen LogP contribution in [0.25, 0.3) is 10.9 Å². The Kier molecular flexibility index (Phi) is 8.42. The summed E-state index contributed by atoms with van der Waals surface area (Å²) in [5.41, 5.74) is -0.470. The Morgan fingerprint density at radius 3 is 2.62 bits per heavy atom. The summed E-state index contributed by atoms with van der Waals surface area (Å²) in [6.07, 6.45) is 2.72. The molecule has 0 spiro atoms. The van der Waals surface area contributed by atoms with Crippen LogP contribution < -0.4 is 9.47 Å². The van der Waals surface area contributed by atoms with Crippen LogP contribution in [0.5, 0.6) is 11.9 Å². The first kappa shape index (κ1) is 27.8. The van der Waals surface area contributed by atoms with Gasteiger partial charge in [0.2, 0.25) is 5.88 Å². The van der Waals surface area contributed by atoms with E-state index >= 15 is 0 Å². The van der Waals surface area contributed by atoms with Crippen molar-refractivity contribution < 1.29 is 27.8 Å². The molecule has 1 amide bonds. The van der Waals surface area contributed by atoms with E-state index in [2.05, 4.69) is 30.8 Å². The molecule has 1 aromatic carbocycles. The Bertz CT molecular complexity index is 1120. The highest BCUT2D eigenvalue weighted by Gasteiger charge is 2.38. The van der Waals surface area contributed by atoms with Gasteiger partial charge in [0.05, 0.1) is 23.0 Å². The fourth-order valence-electron chi connectivity index (χ4n) is 5.09. The van der Waals surface area contributed by atoms with Crippen molar-refractivity contribution in [2.24, 2.45) is 0 Å². The quantitative estimate of drug-likeness (QED) is 0.470. The number of amides is 1. The van der Waals surface area contributed by atoms with Crippen molar-refractivity contribution >= 4 is 32.9 Å². The van der Waals surface area contributed by atoms with Gasteiger partial charge >= 0.3 is 12.1 Å². The molecule has 11 heteroatoms. The van der Waals surface area contributed by atoms with Gasteiger partial charge in [-0.1, -0.05) is 0 Å². The highest BCUT2D eigenvalue weighted by Crippen LogP contribution is 2.33. The normalized spacial score (nSPS) is 25.6. The Labute approximate surface area is 224 Å². The minimum Gasteiger partial charge on any atom is -0.471 e. The van der Waals surface area contributed by atoms with Crippen molar-refractivity contribution in [1.29, 1.82) is 0 Å². The molecule has 3 aliphatic heterocycles. The molecule has 37 heavy (non-hydrogen) atoms. The number of carbonyl (C=O) groups excluding carboxylic acids is 1. The topological polar surface area (TPSA) is 77.0 Å². The number of carbonyl (C=O) groups is 1. The molecule has 0 radical (unpaired) electrons. The molecular formula is C26H35BrF2N4O4. The van der Waals surface area contributed by atoms with E-state index in [4.69, 9.17) is 14.2 Å². The monoisotopic (exact) mass is 584 g/mol. The average Bonchev–Trinajstić information content (AvgIpc) is 3.51. The van der Waals surface area contributed by atoms with Crippen LogP contribution in [0.2, 0.25) is 0 Å². The second-order valence-electron chi connectivity index (χ2n) is 10.8. The summed E-state index contributed by atoms with van der Waals surface area (Å²) in [6.45, 7) is 9.72. The molecule has 204 valence electrons. The fourth-order valence-corrected chi connectivity index (χ4v) is 5.41. The SMILES string of the molecule is COc1nc(OC2CCN(C(=O)OC(C)(C)C)C2C)c2ccc(Br)c(F)c2n1.FC1CC2CCCN2C1. The maximum atomic E-state index is 14.5. The van der Waals surface area contributed by atoms with Crippen molar-refractivity contribution in [2.45, 2.75) is 83.3 Å². The van der Waals surface area contributed by atoms with Gasteiger partial charge in [-0.05, 0) is 81.6 Å². The van der Waals surface area contributed by atoms with Gasteiger partial charge in [-0.15, -0.1) is 0 Å². The van der Waals surface area contributed by atoms with Crippen LogP contribution >= 0.6 is 15.9 Å². The molecule has 1 aromatic heterocycles. The third-order valence-corrected chi connectivity index (χ3v) is 7.53. The zero-order valence-electron chi connectivity index (χ0n) is 22.0. The maximum absolute atomic E-state index is 14.5. The first-order chi connectivity index (χ1) is 17.5. The number of rotatable bonds is 3. The average molecular weight is 585 g/mol. The minimum atomic E-state index is -0.573. The Morgan fingerprint density at radius 1 is 1.19 bits per heavy atom. The number of benzene rings is 1. The number of alkyl halides is 1. The lowest BCUT2D eigenvalue weighted by atomic mass is 10.1.